The highest BCUT2D eigenvalue weighted by atomic mass is 16.5. The first-order valence-corrected chi connectivity index (χ1v) is 6.36. The van der Waals surface area contributed by atoms with Gasteiger partial charge in [-0.05, 0) is 12.8 Å². The Morgan fingerprint density at radius 1 is 1.13 bits per heavy atom. The van der Waals surface area contributed by atoms with Gasteiger partial charge in [0.1, 0.15) is 0 Å². The van der Waals surface area contributed by atoms with E-state index in [1.54, 1.807) is 0 Å². The van der Waals surface area contributed by atoms with Crippen molar-refractivity contribution >= 4 is 5.97 Å². The first-order valence-electron chi connectivity index (χ1n) is 6.36. The molecule has 0 aliphatic carbocycles. The first kappa shape index (κ1) is 14.5. The number of carbonyl (C=O) groups excluding carboxylic acids is 1. The van der Waals surface area contributed by atoms with Gasteiger partial charge in [0.05, 0.1) is 6.61 Å². The molecule has 0 radical (unpaired) electrons. The average molecular weight is 214 g/mol. The molecule has 2 heteroatoms. The van der Waals surface area contributed by atoms with Crippen LogP contribution >= 0.6 is 0 Å². The second-order valence-electron chi connectivity index (χ2n) is 4.32. The minimum absolute atomic E-state index is 0.0430. The predicted octanol–water partition coefficient (Wildman–Crippen LogP) is 3.94. The summed E-state index contributed by atoms with van der Waals surface area (Å²) in [6, 6.07) is 0. The largest absolute Gasteiger partial charge is 0.466 e. The molecule has 0 aromatic carbocycles. The van der Waals surface area contributed by atoms with Crippen LogP contribution in [-0.4, -0.2) is 12.6 Å². The molecule has 0 spiro atoms. The van der Waals surface area contributed by atoms with Crippen molar-refractivity contribution in [2.45, 2.75) is 65.7 Å². The SMILES string of the molecule is CCCCCCCC(C)CC(=O)OCC. The first-order chi connectivity index (χ1) is 7.20. The van der Waals surface area contributed by atoms with Gasteiger partial charge >= 0.3 is 5.97 Å². The van der Waals surface area contributed by atoms with Crippen LogP contribution in [0.15, 0.2) is 0 Å². The monoisotopic (exact) mass is 214 g/mol. The van der Waals surface area contributed by atoms with Crippen molar-refractivity contribution in [3.63, 3.8) is 0 Å². The highest BCUT2D eigenvalue weighted by Gasteiger charge is 2.08. The van der Waals surface area contributed by atoms with E-state index in [1.807, 2.05) is 6.92 Å². The van der Waals surface area contributed by atoms with Crippen LogP contribution in [0.1, 0.15) is 65.7 Å². The van der Waals surface area contributed by atoms with Crippen molar-refractivity contribution in [1.82, 2.24) is 0 Å². The van der Waals surface area contributed by atoms with Crippen LogP contribution in [0.3, 0.4) is 0 Å². The van der Waals surface area contributed by atoms with Gasteiger partial charge in [-0.15, -0.1) is 0 Å². The molecule has 0 bridgehead atoms. The molecule has 0 amide bonds. The van der Waals surface area contributed by atoms with E-state index in [0.29, 0.717) is 18.9 Å². The lowest BCUT2D eigenvalue weighted by atomic mass is 9.99. The zero-order chi connectivity index (χ0) is 11.5. The van der Waals surface area contributed by atoms with E-state index in [1.165, 1.54) is 32.1 Å². The normalized spacial score (nSPS) is 12.5. The zero-order valence-corrected chi connectivity index (χ0v) is 10.6. The average Bonchev–Trinajstić information content (AvgIpc) is 2.17. The molecule has 1 unspecified atom stereocenters. The van der Waals surface area contributed by atoms with Crippen molar-refractivity contribution < 1.29 is 9.53 Å². The van der Waals surface area contributed by atoms with Crippen molar-refractivity contribution in [3.8, 4) is 0 Å². The maximum atomic E-state index is 11.2. The van der Waals surface area contributed by atoms with E-state index in [9.17, 15) is 4.79 Å². The van der Waals surface area contributed by atoms with Gasteiger partial charge in [0.15, 0.2) is 0 Å². The zero-order valence-electron chi connectivity index (χ0n) is 10.6. The van der Waals surface area contributed by atoms with E-state index < -0.39 is 0 Å². The van der Waals surface area contributed by atoms with Gasteiger partial charge in [-0.2, -0.15) is 0 Å². The summed E-state index contributed by atoms with van der Waals surface area (Å²) >= 11 is 0. The second-order valence-corrected chi connectivity index (χ2v) is 4.32. The van der Waals surface area contributed by atoms with Crippen molar-refractivity contribution in [2.24, 2.45) is 5.92 Å². The van der Waals surface area contributed by atoms with Crippen LogP contribution in [0, 0.1) is 5.92 Å². The Balaban J connectivity index is 3.32. The summed E-state index contributed by atoms with van der Waals surface area (Å²) in [5.41, 5.74) is 0. The molecule has 2 nitrogen and oxygen atoms in total. The van der Waals surface area contributed by atoms with Gasteiger partial charge in [-0.25, -0.2) is 0 Å². The molecule has 0 fully saturated rings. The molecule has 0 aliphatic heterocycles. The van der Waals surface area contributed by atoms with E-state index in [-0.39, 0.29) is 5.97 Å². The number of hydrogen-bond donors (Lipinski definition) is 0. The van der Waals surface area contributed by atoms with Gasteiger partial charge in [0.2, 0.25) is 0 Å². The van der Waals surface area contributed by atoms with Gasteiger partial charge < -0.3 is 4.74 Å². The van der Waals surface area contributed by atoms with Crippen LogP contribution in [0.5, 0.6) is 0 Å². The summed E-state index contributed by atoms with van der Waals surface area (Å²) in [5, 5.41) is 0. The summed E-state index contributed by atoms with van der Waals surface area (Å²) in [4.78, 5) is 11.2. The van der Waals surface area contributed by atoms with E-state index >= 15 is 0 Å². The number of carbonyl (C=O) groups is 1. The number of esters is 1. The minimum atomic E-state index is -0.0430. The van der Waals surface area contributed by atoms with Crippen LogP contribution in [0.2, 0.25) is 0 Å². The quantitative estimate of drug-likeness (QED) is 0.429. The fourth-order valence-electron chi connectivity index (χ4n) is 1.70. The summed E-state index contributed by atoms with van der Waals surface area (Å²) in [5.74, 6) is 0.434. The standard InChI is InChI=1S/C13H26O2/c1-4-6-7-8-9-10-12(3)11-13(14)15-5-2/h12H,4-11H2,1-3H3. The Hall–Kier alpha value is -0.530. The van der Waals surface area contributed by atoms with Gasteiger partial charge in [-0.3, -0.25) is 4.79 Å². The summed E-state index contributed by atoms with van der Waals surface area (Å²) < 4.78 is 4.92. The van der Waals surface area contributed by atoms with Crippen molar-refractivity contribution in [3.05, 3.63) is 0 Å². The third-order valence-corrected chi connectivity index (χ3v) is 2.62. The highest BCUT2D eigenvalue weighted by Crippen LogP contribution is 2.14. The third kappa shape index (κ3) is 9.77. The molecule has 0 rings (SSSR count). The van der Waals surface area contributed by atoms with Crippen LogP contribution in [0.4, 0.5) is 0 Å². The van der Waals surface area contributed by atoms with Crippen molar-refractivity contribution in [2.75, 3.05) is 6.61 Å². The molecule has 0 N–H and O–H groups in total. The van der Waals surface area contributed by atoms with E-state index in [0.717, 1.165) is 6.42 Å². The molecular formula is C13H26O2. The third-order valence-electron chi connectivity index (χ3n) is 2.62. The van der Waals surface area contributed by atoms with E-state index in [2.05, 4.69) is 13.8 Å². The van der Waals surface area contributed by atoms with Crippen LogP contribution in [0.25, 0.3) is 0 Å². The van der Waals surface area contributed by atoms with Gasteiger partial charge in [-0.1, -0.05) is 52.4 Å². The van der Waals surface area contributed by atoms with Gasteiger partial charge in [0.25, 0.3) is 0 Å². The highest BCUT2D eigenvalue weighted by molar-refractivity contribution is 5.69. The Morgan fingerprint density at radius 2 is 1.80 bits per heavy atom. The molecular weight excluding hydrogens is 188 g/mol. The lowest BCUT2D eigenvalue weighted by molar-refractivity contribution is -0.144. The minimum Gasteiger partial charge on any atom is -0.466 e. The van der Waals surface area contributed by atoms with Crippen LogP contribution in [-0.2, 0) is 9.53 Å². The molecule has 0 saturated heterocycles. The maximum Gasteiger partial charge on any atom is 0.306 e. The lowest BCUT2D eigenvalue weighted by Crippen LogP contribution is -2.09. The van der Waals surface area contributed by atoms with E-state index in [4.69, 9.17) is 4.74 Å². The Bertz CT molecular complexity index is 155. The molecule has 0 aromatic rings. The predicted molar refractivity (Wildman–Crippen MR) is 63.8 cm³/mol. The summed E-state index contributed by atoms with van der Waals surface area (Å²) in [6.45, 7) is 6.72. The lowest BCUT2D eigenvalue weighted by Gasteiger charge is -2.09. The number of ether oxygens (including phenoxy) is 1. The number of unbranched alkanes of at least 4 members (excludes halogenated alkanes) is 4. The molecule has 0 saturated carbocycles. The molecule has 0 aromatic heterocycles. The molecule has 1 atom stereocenters. The Morgan fingerprint density at radius 3 is 2.40 bits per heavy atom. The Kier molecular flexibility index (Phi) is 9.65. The Labute approximate surface area is 94.4 Å². The summed E-state index contributed by atoms with van der Waals surface area (Å²) in [7, 11) is 0. The molecule has 15 heavy (non-hydrogen) atoms. The molecule has 90 valence electrons. The second kappa shape index (κ2) is 10.0. The molecule has 0 aliphatic rings. The van der Waals surface area contributed by atoms with Crippen molar-refractivity contribution in [1.29, 1.82) is 0 Å². The van der Waals surface area contributed by atoms with Crippen LogP contribution < -0.4 is 0 Å². The number of rotatable bonds is 9. The smallest absolute Gasteiger partial charge is 0.306 e. The maximum absolute atomic E-state index is 11.2. The fraction of sp³-hybridized carbons (Fsp3) is 0.923. The molecule has 0 heterocycles. The number of hydrogen-bond acceptors (Lipinski definition) is 2. The van der Waals surface area contributed by atoms with Gasteiger partial charge in [0, 0.05) is 6.42 Å². The summed E-state index contributed by atoms with van der Waals surface area (Å²) in [6.07, 6.45) is 8.26. The topological polar surface area (TPSA) is 26.3 Å². The fourth-order valence-corrected chi connectivity index (χ4v) is 1.70.